The predicted molar refractivity (Wildman–Crippen MR) is 119 cm³/mol. The quantitative estimate of drug-likeness (QED) is 0.409. The molecule has 3 aromatic heterocycles. The summed E-state index contributed by atoms with van der Waals surface area (Å²) in [6.07, 6.45) is -0.706. The molecule has 8 heteroatoms. The molecule has 0 aliphatic heterocycles. The molecule has 144 valence electrons. The van der Waals surface area contributed by atoms with E-state index in [2.05, 4.69) is 22.4 Å². The van der Waals surface area contributed by atoms with Gasteiger partial charge in [-0.2, -0.15) is 5.26 Å². The molecule has 3 heterocycles. The Balaban J connectivity index is 1.52. The molecule has 0 spiro atoms. The summed E-state index contributed by atoms with van der Waals surface area (Å²) in [7, 11) is 0. The van der Waals surface area contributed by atoms with E-state index < -0.39 is 6.10 Å². The van der Waals surface area contributed by atoms with Crippen LogP contribution < -0.4 is 10.1 Å². The van der Waals surface area contributed by atoms with Gasteiger partial charge in [0.1, 0.15) is 11.4 Å². The number of carbonyl (C=O) groups excluding carboxylic acids is 1. The monoisotopic (exact) mass is 437 g/mol. The van der Waals surface area contributed by atoms with E-state index in [4.69, 9.17) is 10.00 Å². The third-order valence-corrected chi connectivity index (χ3v) is 6.92. The highest BCUT2D eigenvalue weighted by Gasteiger charge is 2.20. The second-order valence-corrected chi connectivity index (χ2v) is 8.93. The van der Waals surface area contributed by atoms with E-state index in [1.165, 1.54) is 11.3 Å². The van der Waals surface area contributed by atoms with Gasteiger partial charge in [0.15, 0.2) is 11.2 Å². The van der Waals surface area contributed by atoms with Crippen molar-refractivity contribution < 1.29 is 9.53 Å². The number of thiophene rings is 2. The summed E-state index contributed by atoms with van der Waals surface area (Å²) in [6, 6.07) is 16.8. The van der Waals surface area contributed by atoms with Gasteiger partial charge in [-0.25, -0.2) is 4.98 Å². The Morgan fingerprint density at radius 1 is 1.10 bits per heavy atom. The summed E-state index contributed by atoms with van der Waals surface area (Å²) in [4.78, 5) is 20.5. The lowest BCUT2D eigenvalue weighted by Crippen LogP contribution is -2.30. The lowest BCUT2D eigenvalue weighted by atomic mass is 10.2. The largest absolute Gasteiger partial charge is 0.481 e. The number of thiazole rings is 1. The zero-order valence-electron chi connectivity index (χ0n) is 15.3. The zero-order valence-corrected chi connectivity index (χ0v) is 17.7. The van der Waals surface area contributed by atoms with Gasteiger partial charge < -0.3 is 4.74 Å². The van der Waals surface area contributed by atoms with Crippen molar-refractivity contribution in [3.8, 4) is 32.1 Å². The first kappa shape index (κ1) is 19.3. The number of anilines is 1. The molecule has 0 bridgehead atoms. The third kappa shape index (κ3) is 4.38. The Kier molecular flexibility index (Phi) is 5.71. The van der Waals surface area contributed by atoms with E-state index in [0.717, 1.165) is 20.3 Å². The van der Waals surface area contributed by atoms with Crippen molar-refractivity contribution in [3.63, 3.8) is 0 Å². The average Bonchev–Trinajstić information content (AvgIpc) is 3.49. The van der Waals surface area contributed by atoms with Crippen LogP contribution in [0.2, 0.25) is 0 Å². The molecular formula is C21H15N3O2S3. The Bertz CT molecular complexity index is 1090. The van der Waals surface area contributed by atoms with Gasteiger partial charge in [0.2, 0.25) is 0 Å². The molecule has 0 fully saturated rings. The van der Waals surface area contributed by atoms with Crippen LogP contribution in [-0.4, -0.2) is 17.0 Å². The molecule has 4 aromatic rings. The summed E-state index contributed by atoms with van der Waals surface area (Å²) in [5.41, 5.74) is 1.42. The van der Waals surface area contributed by atoms with Crippen LogP contribution in [0, 0.1) is 11.3 Å². The van der Waals surface area contributed by atoms with E-state index in [0.29, 0.717) is 16.4 Å². The van der Waals surface area contributed by atoms with E-state index in [1.807, 2.05) is 29.0 Å². The van der Waals surface area contributed by atoms with Crippen molar-refractivity contribution in [2.24, 2.45) is 0 Å². The van der Waals surface area contributed by atoms with Crippen LogP contribution in [0.1, 0.15) is 12.5 Å². The second-order valence-electron chi connectivity index (χ2n) is 6.04. The van der Waals surface area contributed by atoms with Gasteiger partial charge >= 0.3 is 0 Å². The molecule has 0 aliphatic carbocycles. The molecule has 1 N–H and O–H groups in total. The summed E-state index contributed by atoms with van der Waals surface area (Å²) < 4.78 is 5.69. The van der Waals surface area contributed by atoms with Gasteiger partial charge in [-0.1, -0.05) is 23.5 Å². The van der Waals surface area contributed by atoms with Crippen LogP contribution in [0.5, 0.6) is 5.75 Å². The highest BCUT2D eigenvalue weighted by Crippen LogP contribution is 2.42. The van der Waals surface area contributed by atoms with E-state index >= 15 is 0 Å². The molecule has 0 saturated heterocycles. The van der Waals surface area contributed by atoms with Gasteiger partial charge in [0, 0.05) is 4.88 Å². The first-order valence-corrected chi connectivity index (χ1v) is 11.3. The molecule has 1 amide bonds. The number of nitrogens with one attached hydrogen (secondary N) is 1. The first-order valence-electron chi connectivity index (χ1n) is 8.70. The molecule has 0 aliphatic rings. The molecule has 1 aromatic carbocycles. The zero-order chi connectivity index (χ0) is 20.2. The Morgan fingerprint density at radius 3 is 2.41 bits per heavy atom. The highest BCUT2D eigenvalue weighted by atomic mass is 32.1. The summed E-state index contributed by atoms with van der Waals surface area (Å²) in [6.45, 7) is 1.68. The topological polar surface area (TPSA) is 75.0 Å². The minimum Gasteiger partial charge on any atom is -0.481 e. The molecule has 29 heavy (non-hydrogen) atoms. The van der Waals surface area contributed by atoms with Gasteiger partial charge in [0.25, 0.3) is 5.91 Å². The van der Waals surface area contributed by atoms with Crippen LogP contribution in [0.3, 0.4) is 0 Å². The van der Waals surface area contributed by atoms with Crippen LogP contribution in [0.15, 0.2) is 59.3 Å². The predicted octanol–water partition coefficient (Wildman–Crippen LogP) is 5.88. The van der Waals surface area contributed by atoms with Gasteiger partial charge in [-0.3, -0.25) is 10.1 Å². The highest BCUT2D eigenvalue weighted by molar-refractivity contribution is 7.24. The maximum absolute atomic E-state index is 12.6. The summed E-state index contributed by atoms with van der Waals surface area (Å²) in [5, 5.41) is 16.3. The van der Waals surface area contributed by atoms with Crippen molar-refractivity contribution in [1.29, 1.82) is 5.26 Å². The third-order valence-electron chi connectivity index (χ3n) is 4.02. The molecule has 4 rings (SSSR count). The smallest absolute Gasteiger partial charge is 0.266 e. The number of benzene rings is 1. The lowest BCUT2D eigenvalue weighted by molar-refractivity contribution is -0.122. The van der Waals surface area contributed by atoms with E-state index in [1.54, 1.807) is 53.9 Å². The Labute approximate surface area is 179 Å². The number of aromatic nitrogens is 1. The number of hydrogen-bond donors (Lipinski definition) is 1. The SMILES string of the molecule is CC(Oc1ccc(C#N)cc1)C(=O)Nc1nc(-c2cccs2)c(-c2cccs2)s1. The van der Waals surface area contributed by atoms with Crippen molar-refractivity contribution in [2.75, 3.05) is 5.32 Å². The number of nitrogens with zero attached hydrogens (tertiary/aromatic N) is 2. The fraction of sp³-hybridized carbons (Fsp3) is 0.0952. The van der Waals surface area contributed by atoms with Crippen molar-refractivity contribution in [1.82, 2.24) is 4.98 Å². The van der Waals surface area contributed by atoms with Crippen LogP contribution in [-0.2, 0) is 4.79 Å². The molecule has 1 atom stereocenters. The molecule has 1 unspecified atom stereocenters. The minimum atomic E-state index is -0.706. The van der Waals surface area contributed by atoms with Gasteiger partial charge in [-0.15, -0.1) is 22.7 Å². The van der Waals surface area contributed by atoms with E-state index in [-0.39, 0.29) is 5.91 Å². The maximum atomic E-state index is 12.6. The fourth-order valence-electron chi connectivity index (χ4n) is 2.60. The van der Waals surface area contributed by atoms with E-state index in [9.17, 15) is 4.79 Å². The number of nitriles is 1. The van der Waals surface area contributed by atoms with Crippen molar-refractivity contribution in [3.05, 3.63) is 64.9 Å². The number of rotatable bonds is 6. The van der Waals surface area contributed by atoms with Crippen LogP contribution in [0.4, 0.5) is 5.13 Å². The van der Waals surface area contributed by atoms with Crippen LogP contribution in [0.25, 0.3) is 20.3 Å². The normalized spacial score (nSPS) is 11.6. The standard InChI is InChI=1S/C21H15N3O2S3/c1-13(26-15-8-6-14(12-22)7-9-15)20(25)24-21-23-18(16-4-2-10-27-16)19(29-21)17-5-3-11-28-17/h2-11,13H,1H3,(H,23,24,25). The molecule has 5 nitrogen and oxygen atoms in total. The number of carbonyl (C=O) groups is 1. The summed E-state index contributed by atoms with van der Waals surface area (Å²) >= 11 is 4.72. The second kappa shape index (κ2) is 8.57. The number of ether oxygens (including phenoxy) is 1. The van der Waals surface area contributed by atoms with Gasteiger partial charge in [0.05, 0.1) is 21.4 Å². The number of hydrogen-bond acceptors (Lipinski definition) is 7. The van der Waals surface area contributed by atoms with Crippen molar-refractivity contribution in [2.45, 2.75) is 13.0 Å². The molecule has 0 radical (unpaired) electrons. The van der Waals surface area contributed by atoms with Gasteiger partial charge in [-0.05, 0) is 54.1 Å². The first-order chi connectivity index (χ1) is 14.1. The fourth-order valence-corrected chi connectivity index (χ4v) is 5.22. The van der Waals surface area contributed by atoms with Crippen molar-refractivity contribution >= 4 is 45.0 Å². The maximum Gasteiger partial charge on any atom is 0.266 e. The number of amides is 1. The average molecular weight is 438 g/mol. The summed E-state index contributed by atoms with van der Waals surface area (Å²) in [5.74, 6) is 0.253. The minimum absolute atomic E-state index is 0.279. The Hall–Kier alpha value is -2.99. The lowest BCUT2D eigenvalue weighted by Gasteiger charge is -2.13. The Morgan fingerprint density at radius 2 is 1.79 bits per heavy atom. The molecular weight excluding hydrogens is 422 g/mol. The molecule has 0 saturated carbocycles. The van der Waals surface area contributed by atoms with Crippen LogP contribution >= 0.6 is 34.0 Å².